The first-order chi connectivity index (χ1) is 14.8. The van der Waals surface area contributed by atoms with Gasteiger partial charge in [0.2, 0.25) is 5.91 Å². The molecule has 0 aromatic heterocycles. The average molecular weight is 424 g/mol. The van der Waals surface area contributed by atoms with E-state index in [4.69, 9.17) is 9.84 Å². The summed E-state index contributed by atoms with van der Waals surface area (Å²) in [6.45, 7) is 3.96. The largest absolute Gasteiger partial charge is 0.481 e. The average Bonchev–Trinajstić information content (AvgIpc) is 3.04. The maximum atomic E-state index is 12.4. The van der Waals surface area contributed by atoms with Crippen molar-refractivity contribution in [3.8, 4) is 11.1 Å². The lowest BCUT2D eigenvalue weighted by molar-refractivity contribution is -0.136. The number of carboxylic acid groups (broad SMARTS) is 1. The molecule has 164 valence electrons. The lowest BCUT2D eigenvalue weighted by Crippen LogP contribution is -2.44. The van der Waals surface area contributed by atoms with Crippen molar-refractivity contribution in [3.05, 3.63) is 59.7 Å². The third kappa shape index (κ3) is 5.84. The van der Waals surface area contributed by atoms with Gasteiger partial charge in [0.05, 0.1) is 6.42 Å². The van der Waals surface area contributed by atoms with E-state index in [0.717, 1.165) is 11.1 Å². The molecule has 2 aromatic carbocycles. The number of fused-ring (bicyclic) bond motifs is 3. The lowest BCUT2D eigenvalue weighted by atomic mass is 9.98. The number of carbonyl (C=O) groups excluding carboxylic acids is 2. The SMILES string of the molecule is CC(C)(CCC(=O)NCCC(=O)O)NC(=O)OCC1c2ccccc2-c2ccccc21. The van der Waals surface area contributed by atoms with Gasteiger partial charge in [-0.2, -0.15) is 0 Å². The number of amides is 2. The summed E-state index contributed by atoms with van der Waals surface area (Å²) in [5.41, 5.74) is 3.98. The number of carboxylic acids is 1. The molecule has 3 rings (SSSR count). The van der Waals surface area contributed by atoms with Gasteiger partial charge in [-0.1, -0.05) is 48.5 Å². The number of carbonyl (C=O) groups is 3. The van der Waals surface area contributed by atoms with Crippen LogP contribution in [0.5, 0.6) is 0 Å². The maximum absolute atomic E-state index is 12.4. The topological polar surface area (TPSA) is 105 Å². The molecule has 2 aromatic rings. The van der Waals surface area contributed by atoms with Gasteiger partial charge in [0.25, 0.3) is 0 Å². The van der Waals surface area contributed by atoms with E-state index in [1.807, 2.05) is 38.1 Å². The van der Waals surface area contributed by atoms with Gasteiger partial charge in [-0.15, -0.1) is 0 Å². The number of hydrogen-bond acceptors (Lipinski definition) is 4. The molecule has 0 fully saturated rings. The van der Waals surface area contributed by atoms with Crippen molar-refractivity contribution in [1.82, 2.24) is 10.6 Å². The smallest absolute Gasteiger partial charge is 0.407 e. The van der Waals surface area contributed by atoms with Crippen molar-refractivity contribution in [3.63, 3.8) is 0 Å². The van der Waals surface area contributed by atoms with Gasteiger partial charge in [0.15, 0.2) is 0 Å². The number of hydrogen-bond donors (Lipinski definition) is 3. The fourth-order valence-corrected chi connectivity index (χ4v) is 3.80. The number of nitrogens with one attached hydrogen (secondary N) is 2. The van der Waals surface area contributed by atoms with Crippen molar-refractivity contribution < 1.29 is 24.2 Å². The minimum absolute atomic E-state index is 0.0127. The molecular formula is C24H28N2O5. The Hall–Kier alpha value is -3.35. The molecule has 0 bridgehead atoms. The van der Waals surface area contributed by atoms with Gasteiger partial charge in [-0.25, -0.2) is 4.79 Å². The molecule has 2 amide bonds. The standard InChI is InChI=1S/C24H28N2O5/c1-24(2,13-11-21(27)25-14-12-22(28)29)26-23(30)31-15-20-18-9-5-3-7-16(18)17-8-4-6-10-19(17)20/h3-10,20H,11-15H2,1-2H3,(H,25,27)(H,26,30)(H,28,29). The molecule has 0 atom stereocenters. The molecular weight excluding hydrogens is 396 g/mol. The summed E-state index contributed by atoms with van der Waals surface area (Å²) in [4.78, 5) is 34.8. The van der Waals surface area contributed by atoms with Crippen LogP contribution in [-0.2, 0) is 14.3 Å². The van der Waals surface area contributed by atoms with Crippen LogP contribution in [0, 0.1) is 0 Å². The Balaban J connectivity index is 1.51. The summed E-state index contributed by atoms with van der Waals surface area (Å²) < 4.78 is 5.56. The van der Waals surface area contributed by atoms with Gasteiger partial charge >= 0.3 is 12.1 Å². The Morgan fingerprint density at radius 3 is 2.13 bits per heavy atom. The lowest BCUT2D eigenvalue weighted by Gasteiger charge is -2.26. The molecule has 0 radical (unpaired) electrons. The first-order valence-corrected chi connectivity index (χ1v) is 10.4. The monoisotopic (exact) mass is 424 g/mol. The number of alkyl carbamates (subject to hydrolysis) is 1. The van der Waals surface area contributed by atoms with E-state index in [0.29, 0.717) is 6.42 Å². The van der Waals surface area contributed by atoms with Gasteiger partial charge in [-0.05, 0) is 42.5 Å². The Kier molecular flexibility index (Phi) is 6.95. The van der Waals surface area contributed by atoms with Crippen LogP contribution in [0.1, 0.15) is 50.2 Å². The Morgan fingerprint density at radius 1 is 0.968 bits per heavy atom. The molecule has 0 saturated carbocycles. The van der Waals surface area contributed by atoms with Crippen molar-refractivity contribution in [2.45, 2.75) is 44.6 Å². The molecule has 0 unspecified atom stereocenters. The van der Waals surface area contributed by atoms with Crippen LogP contribution in [0.4, 0.5) is 4.79 Å². The van der Waals surface area contributed by atoms with Crippen LogP contribution in [0.15, 0.2) is 48.5 Å². The van der Waals surface area contributed by atoms with Crippen molar-refractivity contribution in [1.29, 1.82) is 0 Å². The van der Waals surface area contributed by atoms with E-state index in [1.54, 1.807) is 0 Å². The van der Waals surface area contributed by atoms with E-state index in [9.17, 15) is 14.4 Å². The zero-order chi connectivity index (χ0) is 22.4. The van der Waals surface area contributed by atoms with E-state index in [2.05, 4.69) is 34.9 Å². The van der Waals surface area contributed by atoms with Gasteiger partial charge in [0.1, 0.15) is 6.61 Å². The fourth-order valence-electron chi connectivity index (χ4n) is 3.80. The van der Waals surface area contributed by atoms with E-state index < -0.39 is 17.6 Å². The molecule has 31 heavy (non-hydrogen) atoms. The molecule has 0 heterocycles. The minimum Gasteiger partial charge on any atom is -0.481 e. The van der Waals surface area contributed by atoms with Crippen LogP contribution in [0.25, 0.3) is 11.1 Å². The second kappa shape index (κ2) is 9.64. The van der Waals surface area contributed by atoms with E-state index in [1.165, 1.54) is 11.1 Å². The molecule has 3 N–H and O–H groups in total. The number of benzene rings is 2. The normalized spacial score (nSPS) is 12.6. The maximum Gasteiger partial charge on any atom is 0.407 e. The fraction of sp³-hybridized carbons (Fsp3) is 0.375. The Labute approximate surface area is 181 Å². The molecule has 0 saturated heterocycles. The molecule has 0 spiro atoms. The molecule has 7 heteroatoms. The third-order valence-electron chi connectivity index (χ3n) is 5.42. The van der Waals surface area contributed by atoms with Crippen LogP contribution in [0.2, 0.25) is 0 Å². The van der Waals surface area contributed by atoms with Gasteiger partial charge < -0.3 is 20.5 Å². The second-order valence-corrected chi connectivity index (χ2v) is 8.33. The number of rotatable bonds is 9. The Morgan fingerprint density at radius 2 is 1.55 bits per heavy atom. The van der Waals surface area contributed by atoms with Crippen molar-refractivity contribution in [2.75, 3.05) is 13.2 Å². The van der Waals surface area contributed by atoms with Crippen molar-refractivity contribution >= 4 is 18.0 Å². The van der Waals surface area contributed by atoms with E-state index >= 15 is 0 Å². The highest BCUT2D eigenvalue weighted by Crippen LogP contribution is 2.44. The Bertz CT molecular complexity index is 924. The molecule has 1 aliphatic carbocycles. The highest BCUT2D eigenvalue weighted by Gasteiger charge is 2.30. The highest BCUT2D eigenvalue weighted by atomic mass is 16.5. The summed E-state index contributed by atoms with van der Waals surface area (Å²) in [5, 5.41) is 14.0. The number of aliphatic carboxylic acids is 1. The predicted molar refractivity (Wildman–Crippen MR) is 117 cm³/mol. The molecule has 7 nitrogen and oxygen atoms in total. The summed E-state index contributed by atoms with van der Waals surface area (Å²) in [5.74, 6) is -1.22. The summed E-state index contributed by atoms with van der Waals surface area (Å²) >= 11 is 0. The zero-order valence-corrected chi connectivity index (χ0v) is 17.8. The van der Waals surface area contributed by atoms with Crippen LogP contribution in [-0.4, -0.2) is 41.8 Å². The molecule has 1 aliphatic rings. The minimum atomic E-state index is -0.961. The van der Waals surface area contributed by atoms with Crippen LogP contribution in [0.3, 0.4) is 0 Å². The third-order valence-corrected chi connectivity index (χ3v) is 5.42. The summed E-state index contributed by atoms with van der Waals surface area (Å²) in [6.07, 6.45) is -0.0716. The van der Waals surface area contributed by atoms with Crippen LogP contribution < -0.4 is 10.6 Å². The second-order valence-electron chi connectivity index (χ2n) is 8.33. The first kappa shape index (κ1) is 22.3. The van der Waals surface area contributed by atoms with Crippen molar-refractivity contribution in [2.24, 2.45) is 0 Å². The summed E-state index contributed by atoms with van der Waals surface area (Å²) in [6, 6.07) is 16.3. The van der Waals surface area contributed by atoms with Gasteiger partial charge in [-0.3, -0.25) is 9.59 Å². The van der Waals surface area contributed by atoms with Gasteiger partial charge in [0, 0.05) is 24.4 Å². The zero-order valence-electron chi connectivity index (χ0n) is 17.8. The van der Waals surface area contributed by atoms with Crippen LogP contribution >= 0.6 is 0 Å². The quantitative estimate of drug-likeness (QED) is 0.570. The predicted octanol–water partition coefficient (Wildman–Crippen LogP) is 3.67. The first-order valence-electron chi connectivity index (χ1n) is 10.4. The molecule has 0 aliphatic heterocycles. The highest BCUT2D eigenvalue weighted by molar-refractivity contribution is 5.79. The van der Waals surface area contributed by atoms with E-state index in [-0.39, 0.29) is 37.8 Å². The summed E-state index contributed by atoms with van der Waals surface area (Å²) in [7, 11) is 0. The number of ether oxygens (including phenoxy) is 1.